The summed E-state index contributed by atoms with van der Waals surface area (Å²) in [6.07, 6.45) is 5.27. The Morgan fingerprint density at radius 3 is 2.71 bits per heavy atom. The maximum absolute atomic E-state index is 5.97. The van der Waals surface area contributed by atoms with Crippen molar-refractivity contribution in [2.45, 2.75) is 13.1 Å². The predicted molar refractivity (Wildman–Crippen MR) is 80.1 cm³/mol. The molecule has 3 rings (SSSR count). The molecule has 0 bridgehead atoms. The van der Waals surface area contributed by atoms with Gasteiger partial charge < -0.3 is 5.73 Å². The van der Waals surface area contributed by atoms with Crippen LogP contribution in [-0.2, 0) is 20.1 Å². The van der Waals surface area contributed by atoms with Crippen molar-refractivity contribution < 1.29 is 0 Å². The molecule has 108 valence electrons. The summed E-state index contributed by atoms with van der Waals surface area (Å²) < 4.78 is 1.71. The van der Waals surface area contributed by atoms with Crippen LogP contribution in [0.15, 0.2) is 30.7 Å². The van der Waals surface area contributed by atoms with Gasteiger partial charge in [-0.1, -0.05) is 0 Å². The van der Waals surface area contributed by atoms with Crippen molar-refractivity contribution in [2.24, 2.45) is 7.05 Å². The number of hydrogen-bond acceptors (Lipinski definition) is 6. The van der Waals surface area contributed by atoms with Crippen molar-refractivity contribution in [3.05, 3.63) is 42.1 Å². The molecule has 0 aliphatic carbocycles. The predicted octanol–water partition coefficient (Wildman–Crippen LogP) is 0.972. The highest BCUT2D eigenvalue weighted by Crippen LogP contribution is 2.17. The molecule has 21 heavy (non-hydrogen) atoms. The minimum Gasteiger partial charge on any atom is -0.383 e. The van der Waals surface area contributed by atoms with E-state index in [1.54, 1.807) is 23.3 Å². The van der Waals surface area contributed by atoms with E-state index in [-0.39, 0.29) is 0 Å². The molecule has 0 spiro atoms. The normalized spacial score (nSPS) is 11.4. The second kappa shape index (κ2) is 5.45. The van der Waals surface area contributed by atoms with Crippen molar-refractivity contribution in [1.82, 2.24) is 29.6 Å². The fourth-order valence-electron chi connectivity index (χ4n) is 2.26. The van der Waals surface area contributed by atoms with E-state index in [1.807, 2.05) is 26.2 Å². The summed E-state index contributed by atoms with van der Waals surface area (Å²) in [4.78, 5) is 15.0. The lowest BCUT2D eigenvalue weighted by Gasteiger charge is -2.15. The zero-order valence-electron chi connectivity index (χ0n) is 12.1. The van der Waals surface area contributed by atoms with Gasteiger partial charge in [-0.2, -0.15) is 5.10 Å². The first kappa shape index (κ1) is 13.4. The van der Waals surface area contributed by atoms with Crippen LogP contribution in [0.1, 0.15) is 11.4 Å². The third kappa shape index (κ3) is 2.82. The van der Waals surface area contributed by atoms with Gasteiger partial charge in [0.1, 0.15) is 11.6 Å². The van der Waals surface area contributed by atoms with Crippen molar-refractivity contribution in [3.63, 3.8) is 0 Å². The SMILES string of the molecule is CN(Cc1ccncc1)Cc1nc(N)c2cnn(C)c2n1. The van der Waals surface area contributed by atoms with Crippen LogP contribution < -0.4 is 5.73 Å². The molecule has 0 amide bonds. The van der Waals surface area contributed by atoms with Crippen LogP contribution in [0.5, 0.6) is 0 Å². The first-order valence-electron chi connectivity index (χ1n) is 6.65. The zero-order valence-corrected chi connectivity index (χ0v) is 12.1. The van der Waals surface area contributed by atoms with Gasteiger partial charge in [0.2, 0.25) is 0 Å². The number of fused-ring (bicyclic) bond motifs is 1. The second-order valence-electron chi connectivity index (χ2n) is 5.06. The fraction of sp³-hybridized carbons (Fsp3) is 0.286. The van der Waals surface area contributed by atoms with Gasteiger partial charge in [-0.15, -0.1) is 0 Å². The number of nitrogens with two attached hydrogens (primary N) is 1. The van der Waals surface area contributed by atoms with Gasteiger partial charge in [-0.05, 0) is 24.7 Å². The summed E-state index contributed by atoms with van der Waals surface area (Å²) in [7, 11) is 3.87. The number of anilines is 1. The number of hydrogen-bond donors (Lipinski definition) is 1. The van der Waals surface area contributed by atoms with Crippen LogP contribution in [0.3, 0.4) is 0 Å². The third-order valence-electron chi connectivity index (χ3n) is 3.28. The third-order valence-corrected chi connectivity index (χ3v) is 3.28. The average molecular weight is 283 g/mol. The van der Waals surface area contributed by atoms with Gasteiger partial charge in [0.25, 0.3) is 0 Å². The number of aromatic nitrogens is 5. The molecule has 0 aromatic carbocycles. The Bertz CT molecular complexity index is 751. The Morgan fingerprint density at radius 1 is 1.19 bits per heavy atom. The van der Waals surface area contributed by atoms with Gasteiger partial charge in [-0.3, -0.25) is 14.6 Å². The van der Waals surface area contributed by atoms with Crippen LogP contribution in [-0.4, -0.2) is 36.7 Å². The van der Waals surface area contributed by atoms with Gasteiger partial charge >= 0.3 is 0 Å². The van der Waals surface area contributed by atoms with E-state index in [1.165, 1.54) is 5.56 Å². The van der Waals surface area contributed by atoms with E-state index in [0.29, 0.717) is 18.2 Å². The maximum atomic E-state index is 5.97. The topological polar surface area (TPSA) is 85.8 Å². The molecule has 7 nitrogen and oxygen atoms in total. The Hall–Kier alpha value is -2.54. The molecule has 3 aromatic rings. The Balaban J connectivity index is 1.79. The number of rotatable bonds is 4. The molecule has 0 aliphatic rings. The van der Waals surface area contributed by atoms with E-state index >= 15 is 0 Å². The Labute approximate surface area is 122 Å². The molecule has 3 aromatic heterocycles. The lowest BCUT2D eigenvalue weighted by molar-refractivity contribution is 0.311. The lowest BCUT2D eigenvalue weighted by atomic mass is 10.2. The minimum atomic E-state index is 0.473. The first-order chi connectivity index (χ1) is 10.1. The zero-order chi connectivity index (χ0) is 14.8. The van der Waals surface area contributed by atoms with Gasteiger partial charge in [0.15, 0.2) is 5.65 Å². The minimum absolute atomic E-state index is 0.473. The largest absolute Gasteiger partial charge is 0.383 e. The highest BCUT2D eigenvalue weighted by atomic mass is 15.3. The van der Waals surface area contributed by atoms with Gasteiger partial charge in [0, 0.05) is 26.0 Å². The van der Waals surface area contributed by atoms with Crippen molar-refractivity contribution in [2.75, 3.05) is 12.8 Å². The molecule has 3 heterocycles. The molecule has 0 radical (unpaired) electrons. The molecule has 2 N–H and O–H groups in total. The lowest BCUT2D eigenvalue weighted by Crippen LogP contribution is -2.19. The summed E-state index contributed by atoms with van der Waals surface area (Å²) >= 11 is 0. The average Bonchev–Trinajstić information content (AvgIpc) is 2.82. The molecule has 0 saturated carbocycles. The highest BCUT2D eigenvalue weighted by Gasteiger charge is 2.11. The van der Waals surface area contributed by atoms with Gasteiger partial charge in [0.05, 0.1) is 18.1 Å². The molecule has 0 atom stereocenters. The molecule has 7 heteroatoms. The monoisotopic (exact) mass is 283 g/mol. The van der Waals surface area contributed by atoms with Crippen molar-refractivity contribution in [3.8, 4) is 0 Å². The number of nitrogens with zero attached hydrogens (tertiary/aromatic N) is 6. The fourth-order valence-corrected chi connectivity index (χ4v) is 2.26. The molecular weight excluding hydrogens is 266 g/mol. The number of nitrogen functional groups attached to an aromatic ring is 1. The summed E-state index contributed by atoms with van der Waals surface area (Å²) in [5, 5.41) is 4.95. The summed E-state index contributed by atoms with van der Waals surface area (Å²) in [6, 6.07) is 3.99. The van der Waals surface area contributed by atoms with Crippen molar-refractivity contribution >= 4 is 16.9 Å². The van der Waals surface area contributed by atoms with Crippen LogP contribution >= 0.6 is 0 Å². The van der Waals surface area contributed by atoms with E-state index in [9.17, 15) is 0 Å². The number of pyridine rings is 1. The first-order valence-corrected chi connectivity index (χ1v) is 6.65. The molecule has 0 fully saturated rings. The summed E-state index contributed by atoms with van der Waals surface area (Å²) in [6.45, 7) is 1.42. The quantitative estimate of drug-likeness (QED) is 0.768. The number of aryl methyl sites for hydroxylation is 1. The van der Waals surface area contributed by atoms with Crippen LogP contribution in [0, 0.1) is 0 Å². The summed E-state index contributed by atoms with van der Waals surface area (Å²) in [5.41, 5.74) is 7.92. The summed E-state index contributed by atoms with van der Waals surface area (Å²) in [5.74, 6) is 1.17. The molecule has 0 aliphatic heterocycles. The van der Waals surface area contributed by atoms with E-state index in [2.05, 4.69) is 25.0 Å². The van der Waals surface area contributed by atoms with Crippen molar-refractivity contribution in [1.29, 1.82) is 0 Å². The molecular formula is C14H17N7. The van der Waals surface area contributed by atoms with Crippen LogP contribution in [0.4, 0.5) is 5.82 Å². The second-order valence-corrected chi connectivity index (χ2v) is 5.06. The van der Waals surface area contributed by atoms with E-state index in [4.69, 9.17) is 5.73 Å². The van der Waals surface area contributed by atoms with E-state index in [0.717, 1.165) is 17.6 Å². The van der Waals surface area contributed by atoms with Crippen LogP contribution in [0.25, 0.3) is 11.0 Å². The van der Waals surface area contributed by atoms with Crippen LogP contribution in [0.2, 0.25) is 0 Å². The van der Waals surface area contributed by atoms with E-state index < -0.39 is 0 Å². The van der Waals surface area contributed by atoms with Gasteiger partial charge in [-0.25, -0.2) is 9.97 Å². The molecule has 0 saturated heterocycles. The molecule has 0 unspecified atom stereocenters. The Kier molecular flexibility index (Phi) is 3.49. The maximum Gasteiger partial charge on any atom is 0.163 e. The Morgan fingerprint density at radius 2 is 1.95 bits per heavy atom. The highest BCUT2D eigenvalue weighted by molar-refractivity contribution is 5.84. The standard InChI is InChI=1S/C14H17N7/c1-20(8-10-3-5-16-6-4-10)9-12-18-13(15)11-7-17-21(2)14(11)19-12/h3-7H,8-9H2,1-2H3,(H2,15,18,19). The smallest absolute Gasteiger partial charge is 0.163 e.